The molecule has 2 rings (SSSR count). The maximum Gasteiger partial charge on any atom is 0.300 e. The lowest BCUT2D eigenvalue weighted by Gasteiger charge is -2.15. The number of carboxylic acid groups (broad SMARTS) is 1. The Hall–Kier alpha value is -2.59. The molecule has 1 atom stereocenters. The minimum atomic E-state index is -0.833. The summed E-state index contributed by atoms with van der Waals surface area (Å²) in [6.45, 7) is 7.95. The number of aryl methyl sites for hydroxylation is 1. The second-order valence-electron chi connectivity index (χ2n) is 5.42. The second kappa shape index (κ2) is 10.2. The molecule has 0 saturated heterocycles. The monoisotopic (exact) mass is 328 g/mol. The Balaban J connectivity index is 0.000000648. The standard InChI is InChI=1S/C18H20O2.C2H4O2/c1-3-16(17-10-9-14(2)11-18(17)19)13-20-12-15-7-5-4-6-8-15;1-2(3)4/h3-11,16,19H,1,12-13H2,2H3;1H3,(H,3,4). The Morgan fingerprint density at radius 2 is 1.88 bits per heavy atom. The zero-order valence-corrected chi connectivity index (χ0v) is 14.1. The smallest absolute Gasteiger partial charge is 0.300 e. The van der Waals surface area contributed by atoms with Crippen molar-refractivity contribution in [3.8, 4) is 5.75 Å². The van der Waals surface area contributed by atoms with E-state index in [1.807, 2.05) is 55.5 Å². The van der Waals surface area contributed by atoms with Crippen LogP contribution < -0.4 is 0 Å². The van der Waals surface area contributed by atoms with Crippen molar-refractivity contribution in [2.24, 2.45) is 0 Å². The van der Waals surface area contributed by atoms with Crippen molar-refractivity contribution in [2.45, 2.75) is 26.4 Å². The van der Waals surface area contributed by atoms with Gasteiger partial charge in [0.2, 0.25) is 0 Å². The van der Waals surface area contributed by atoms with Crippen molar-refractivity contribution in [3.63, 3.8) is 0 Å². The van der Waals surface area contributed by atoms with E-state index in [1.165, 1.54) is 0 Å². The number of benzene rings is 2. The summed E-state index contributed by atoms with van der Waals surface area (Å²) in [5.74, 6) is -0.530. The van der Waals surface area contributed by atoms with Gasteiger partial charge in [0.05, 0.1) is 13.2 Å². The first-order valence-electron chi connectivity index (χ1n) is 7.67. The maximum atomic E-state index is 10.0. The first-order valence-corrected chi connectivity index (χ1v) is 7.67. The molecule has 0 aliphatic heterocycles. The number of carboxylic acids is 1. The number of ether oxygens (including phenoxy) is 1. The predicted molar refractivity (Wildman–Crippen MR) is 95.2 cm³/mol. The van der Waals surface area contributed by atoms with Gasteiger partial charge in [0.1, 0.15) is 5.75 Å². The molecule has 128 valence electrons. The molecule has 0 aromatic heterocycles. The van der Waals surface area contributed by atoms with Crippen molar-refractivity contribution in [2.75, 3.05) is 6.61 Å². The zero-order valence-electron chi connectivity index (χ0n) is 14.1. The molecule has 2 aromatic rings. The highest BCUT2D eigenvalue weighted by atomic mass is 16.5. The number of aliphatic carboxylic acids is 1. The summed E-state index contributed by atoms with van der Waals surface area (Å²) in [5, 5.41) is 17.4. The molecular formula is C20H24O4. The lowest BCUT2D eigenvalue weighted by atomic mass is 9.98. The van der Waals surface area contributed by atoms with Crippen molar-refractivity contribution in [1.29, 1.82) is 0 Å². The predicted octanol–water partition coefficient (Wildman–Crippen LogP) is 4.28. The highest BCUT2D eigenvalue weighted by Gasteiger charge is 2.12. The Labute approximate surface area is 143 Å². The molecule has 0 fully saturated rings. The normalized spacial score (nSPS) is 11.1. The van der Waals surface area contributed by atoms with Gasteiger partial charge >= 0.3 is 0 Å². The van der Waals surface area contributed by atoms with Crippen LogP contribution in [0.2, 0.25) is 0 Å². The van der Waals surface area contributed by atoms with Crippen LogP contribution in [0.1, 0.15) is 29.5 Å². The molecule has 0 radical (unpaired) electrons. The van der Waals surface area contributed by atoms with Gasteiger partial charge in [0.15, 0.2) is 0 Å². The topological polar surface area (TPSA) is 66.8 Å². The minimum absolute atomic E-state index is 0.000637. The van der Waals surface area contributed by atoms with E-state index < -0.39 is 5.97 Å². The molecular weight excluding hydrogens is 304 g/mol. The highest BCUT2D eigenvalue weighted by molar-refractivity contribution is 5.62. The van der Waals surface area contributed by atoms with E-state index in [0.717, 1.165) is 23.6 Å². The van der Waals surface area contributed by atoms with E-state index in [1.54, 1.807) is 6.07 Å². The van der Waals surface area contributed by atoms with Crippen molar-refractivity contribution in [3.05, 3.63) is 77.9 Å². The van der Waals surface area contributed by atoms with Gasteiger partial charge in [-0.25, -0.2) is 0 Å². The zero-order chi connectivity index (χ0) is 17.9. The van der Waals surface area contributed by atoms with E-state index in [-0.39, 0.29) is 5.92 Å². The molecule has 2 N–H and O–H groups in total. The van der Waals surface area contributed by atoms with Crippen molar-refractivity contribution < 1.29 is 19.7 Å². The third-order valence-electron chi connectivity index (χ3n) is 3.28. The van der Waals surface area contributed by atoms with Crippen LogP contribution in [0.5, 0.6) is 5.75 Å². The summed E-state index contributed by atoms with van der Waals surface area (Å²) in [6, 6.07) is 15.7. The van der Waals surface area contributed by atoms with Crippen LogP contribution in [-0.2, 0) is 16.1 Å². The quantitative estimate of drug-likeness (QED) is 0.777. The molecule has 0 amide bonds. The molecule has 2 aromatic carbocycles. The Bertz CT molecular complexity index is 646. The number of phenols is 1. The fraction of sp³-hybridized carbons (Fsp3) is 0.250. The van der Waals surface area contributed by atoms with Crippen LogP contribution in [0.15, 0.2) is 61.2 Å². The second-order valence-corrected chi connectivity index (χ2v) is 5.42. The van der Waals surface area contributed by atoms with Gasteiger partial charge in [0, 0.05) is 18.4 Å². The molecule has 0 saturated carbocycles. The van der Waals surface area contributed by atoms with Crippen LogP contribution in [-0.4, -0.2) is 22.8 Å². The summed E-state index contributed by atoms with van der Waals surface area (Å²) >= 11 is 0. The van der Waals surface area contributed by atoms with Crippen LogP contribution >= 0.6 is 0 Å². The fourth-order valence-electron chi connectivity index (χ4n) is 2.13. The molecule has 0 aliphatic carbocycles. The van der Waals surface area contributed by atoms with Crippen LogP contribution in [0.3, 0.4) is 0 Å². The van der Waals surface area contributed by atoms with Crippen LogP contribution in [0, 0.1) is 6.92 Å². The summed E-state index contributed by atoms with van der Waals surface area (Å²) in [6.07, 6.45) is 1.81. The summed E-state index contributed by atoms with van der Waals surface area (Å²) < 4.78 is 5.73. The maximum absolute atomic E-state index is 10.0. The number of hydrogen-bond donors (Lipinski definition) is 2. The van der Waals surface area contributed by atoms with Gasteiger partial charge in [-0.2, -0.15) is 0 Å². The van der Waals surface area contributed by atoms with E-state index >= 15 is 0 Å². The van der Waals surface area contributed by atoms with Gasteiger partial charge in [0.25, 0.3) is 5.97 Å². The molecule has 4 nitrogen and oxygen atoms in total. The lowest BCUT2D eigenvalue weighted by molar-refractivity contribution is -0.134. The molecule has 0 aliphatic rings. The minimum Gasteiger partial charge on any atom is -0.508 e. The molecule has 0 spiro atoms. The summed E-state index contributed by atoms with van der Waals surface area (Å²) in [7, 11) is 0. The number of phenolic OH excluding ortho intramolecular Hbond substituents is 1. The number of rotatable bonds is 6. The average molecular weight is 328 g/mol. The van der Waals surface area contributed by atoms with Gasteiger partial charge in [-0.05, 0) is 24.1 Å². The van der Waals surface area contributed by atoms with Crippen molar-refractivity contribution >= 4 is 5.97 Å². The SMILES string of the molecule is C=CC(COCc1ccccc1)c1ccc(C)cc1O.CC(=O)O. The third-order valence-corrected chi connectivity index (χ3v) is 3.28. The molecule has 0 heterocycles. The number of aromatic hydroxyl groups is 1. The average Bonchev–Trinajstić information content (AvgIpc) is 2.53. The Kier molecular flexibility index (Phi) is 8.30. The van der Waals surface area contributed by atoms with E-state index in [0.29, 0.717) is 19.0 Å². The van der Waals surface area contributed by atoms with E-state index in [2.05, 4.69) is 6.58 Å². The lowest BCUT2D eigenvalue weighted by Crippen LogP contribution is -2.06. The van der Waals surface area contributed by atoms with Gasteiger partial charge < -0.3 is 14.9 Å². The first kappa shape index (κ1) is 19.5. The first-order chi connectivity index (χ1) is 11.4. The molecule has 4 heteroatoms. The van der Waals surface area contributed by atoms with E-state index in [4.69, 9.17) is 14.6 Å². The van der Waals surface area contributed by atoms with Gasteiger partial charge in [-0.15, -0.1) is 6.58 Å². The van der Waals surface area contributed by atoms with Crippen molar-refractivity contribution in [1.82, 2.24) is 0 Å². The van der Waals surface area contributed by atoms with Crippen LogP contribution in [0.25, 0.3) is 0 Å². The van der Waals surface area contributed by atoms with Gasteiger partial charge in [-0.1, -0.05) is 48.5 Å². The number of hydrogen-bond acceptors (Lipinski definition) is 3. The Morgan fingerprint density at radius 1 is 1.25 bits per heavy atom. The fourth-order valence-corrected chi connectivity index (χ4v) is 2.13. The Morgan fingerprint density at radius 3 is 2.42 bits per heavy atom. The van der Waals surface area contributed by atoms with Gasteiger partial charge in [-0.3, -0.25) is 4.79 Å². The van der Waals surface area contributed by atoms with Crippen LogP contribution in [0.4, 0.5) is 0 Å². The third kappa shape index (κ3) is 7.11. The summed E-state index contributed by atoms with van der Waals surface area (Å²) in [4.78, 5) is 9.00. The summed E-state index contributed by atoms with van der Waals surface area (Å²) in [5.41, 5.74) is 3.04. The largest absolute Gasteiger partial charge is 0.508 e. The molecule has 0 bridgehead atoms. The number of carbonyl (C=O) groups is 1. The molecule has 24 heavy (non-hydrogen) atoms. The highest BCUT2D eigenvalue weighted by Crippen LogP contribution is 2.28. The van der Waals surface area contributed by atoms with E-state index in [9.17, 15) is 5.11 Å². The molecule has 1 unspecified atom stereocenters.